The van der Waals surface area contributed by atoms with Crippen LogP contribution in [-0.2, 0) is 19.6 Å². The van der Waals surface area contributed by atoms with Gasteiger partial charge in [0.1, 0.15) is 12.1 Å². The molecule has 0 aromatic heterocycles. The van der Waals surface area contributed by atoms with E-state index in [0.29, 0.717) is 51.7 Å². The van der Waals surface area contributed by atoms with Crippen molar-refractivity contribution in [3.8, 4) is 0 Å². The molecule has 2 heterocycles. The number of rotatable bonds is 8. The molecule has 2 saturated heterocycles. The third-order valence-corrected chi connectivity index (χ3v) is 7.27. The van der Waals surface area contributed by atoms with Crippen LogP contribution in [0, 0.1) is 17.2 Å². The maximum absolute atomic E-state index is 13.4. The highest BCUT2D eigenvalue weighted by Crippen LogP contribution is 2.26. The highest BCUT2D eigenvalue weighted by molar-refractivity contribution is 7.88. The van der Waals surface area contributed by atoms with E-state index in [4.69, 9.17) is 16.9 Å². The van der Waals surface area contributed by atoms with Gasteiger partial charge in [0.05, 0.1) is 6.26 Å². The molecule has 5 N–H and O–H groups in total. The number of nitrogens with zero attached hydrogens (tertiary/aromatic N) is 3. The summed E-state index contributed by atoms with van der Waals surface area (Å²) >= 11 is 0. The van der Waals surface area contributed by atoms with Crippen molar-refractivity contribution in [3.05, 3.63) is 0 Å². The number of nitrogens with two attached hydrogens (primary N) is 2. The van der Waals surface area contributed by atoms with Crippen LogP contribution in [0.25, 0.3) is 0 Å². The lowest BCUT2D eigenvalue weighted by atomic mass is 9.95. The molecule has 11 heteroatoms. The molecule has 2 rings (SSSR count). The van der Waals surface area contributed by atoms with E-state index in [1.54, 1.807) is 4.90 Å². The van der Waals surface area contributed by atoms with Crippen molar-refractivity contribution < 1.29 is 18.0 Å². The van der Waals surface area contributed by atoms with Gasteiger partial charge in [-0.05, 0) is 43.9 Å². The van der Waals surface area contributed by atoms with E-state index in [2.05, 4.69) is 0 Å². The first-order valence-electron chi connectivity index (χ1n) is 10.6. The molecule has 2 atom stereocenters. The molecule has 2 fully saturated rings. The number of guanidine groups is 1. The summed E-state index contributed by atoms with van der Waals surface area (Å²) in [6.07, 6.45) is 4.09. The SMILES string of the molecule is CC(C)C[C@H](C(=O)N1CCC[C@H]1C(N)=O)N(CC1CCN(C(=N)N)CC1)S(C)(=O)=O. The molecule has 2 aliphatic rings. The summed E-state index contributed by atoms with van der Waals surface area (Å²) in [5, 5.41) is 7.56. The fourth-order valence-electron chi connectivity index (χ4n) is 4.41. The molecular formula is C19H36N6O4S. The van der Waals surface area contributed by atoms with E-state index in [1.807, 2.05) is 13.8 Å². The lowest BCUT2D eigenvalue weighted by Gasteiger charge is -2.38. The molecule has 0 spiro atoms. The van der Waals surface area contributed by atoms with Crippen molar-refractivity contribution in [2.45, 2.75) is 58.0 Å². The molecule has 0 aromatic rings. The molecule has 0 radical (unpaired) electrons. The first-order valence-corrected chi connectivity index (χ1v) is 12.4. The predicted octanol–water partition coefficient (Wildman–Crippen LogP) is -0.256. The Labute approximate surface area is 179 Å². The lowest BCUT2D eigenvalue weighted by Crippen LogP contribution is -2.55. The van der Waals surface area contributed by atoms with E-state index in [1.165, 1.54) is 9.21 Å². The summed E-state index contributed by atoms with van der Waals surface area (Å²) in [6, 6.07) is -1.53. The first kappa shape index (κ1) is 24.4. The summed E-state index contributed by atoms with van der Waals surface area (Å²) in [5.41, 5.74) is 11.0. The van der Waals surface area contributed by atoms with E-state index < -0.39 is 28.0 Å². The number of hydrogen-bond donors (Lipinski definition) is 3. The number of piperidine rings is 1. The largest absolute Gasteiger partial charge is 0.370 e. The first-order chi connectivity index (χ1) is 13.9. The van der Waals surface area contributed by atoms with Crippen LogP contribution in [0.4, 0.5) is 0 Å². The second kappa shape index (κ2) is 9.95. The average Bonchev–Trinajstić information content (AvgIpc) is 3.13. The topological polar surface area (TPSA) is 154 Å². The zero-order valence-electron chi connectivity index (χ0n) is 18.2. The molecule has 0 unspecified atom stereocenters. The number of carbonyl (C=O) groups excluding carboxylic acids is 2. The van der Waals surface area contributed by atoms with Gasteiger partial charge in [-0.15, -0.1) is 0 Å². The van der Waals surface area contributed by atoms with Crippen LogP contribution in [0.15, 0.2) is 0 Å². The summed E-state index contributed by atoms with van der Waals surface area (Å²) in [7, 11) is -3.66. The van der Waals surface area contributed by atoms with E-state index >= 15 is 0 Å². The summed E-state index contributed by atoms with van der Waals surface area (Å²) in [5.74, 6) is -0.697. The third-order valence-electron chi connectivity index (χ3n) is 6.01. The van der Waals surface area contributed by atoms with Gasteiger partial charge in [-0.3, -0.25) is 15.0 Å². The molecular weight excluding hydrogens is 408 g/mol. The minimum atomic E-state index is -3.66. The van der Waals surface area contributed by atoms with Crippen LogP contribution in [0.1, 0.15) is 46.0 Å². The smallest absolute Gasteiger partial charge is 0.241 e. The van der Waals surface area contributed by atoms with Gasteiger partial charge in [0, 0.05) is 26.2 Å². The Hall–Kier alpha value is -1.88. The highest BCUT2D eigenvalue weighted by Gasteiger charge is 2.41. The Morgan fingerprint density at radius 2 is 1.73 bits per heavy atom. The molecule has 0 aromatic carbocycles. The normalized spacial score (nSPS) is 22.0. The number of carbonyl (C=O) groups is 2. The maximum atomic E-state index is 13.4. The Morgan fingerprint density at radius 3 is 2.20 bits per heavy atom. The van der Waals surface area contributed by atoms with Crippen molar-refractivity contribution in [1.29, 1.82) is 5.41 Å². The standard InChI is InChI=1S/C19H36N6O4S/c1-13(2)11-16(18(27)24-8-4-5-15(24)17(20)26)25(30(3,28)29)12-14-6-9-23(10-7-14)19(21)22/h13-16H,4-12H2,1-3H3,(H2,20,26)(H3,21,22)/t15-,16+/m0/s1. The van der Waals surface area contributed by atoms with Gasteiger partial charge in [0.15, 0.2) is 5.96 Å². The summed E-state index contributed by atoms with van der Waals surface area (Å²) < 4.78 is 26.8. The van der Waals surface area contributed by atoms with Gasteiger partial charge in [-0.2, -0.15) is 4.31 Å². The van der Waals surface area contributed by atoms with Crippen LogP contribution < -0.4 is 11.5 Å². The van der Waals surface area contributed by atoms with Gasteiger partial charge in [-0.1, -0.05) is 13.8 Å². The lowest BCUT2D eigenvalue weighted by molar-refractivity contribution is -0.141. The van der Waals surface area contributed by atoms with Crippen LogP contribution >= 0.6 is 0 Å². The Balaban J connectivity index is 2.24. The van der Waals surface area contributed by atoms with Gasteiger partial charge >= 0.3 is 0 Å². The van der Waals surface area contributed by atoms with Gasteiger partial charge in [0.2, 0.25) is 21.8 Å². The van der Waals surface area contributed by atoms with Crippen molar-refractivity contribution in [2.75, 3.05) is 32.4 Å². The monoisotopic (exact) mass is 444 g/mol. The molecule has 2 aliphatic heterocycles. The van der Waals surface area contributed by atoms with Gasteiger partial charge < -0.3 is 21.3 Å². The predicted molar refractivity (Wildman–Crippen MR) is 115 cm³/mol. The number of amides is 2. The third kappa shape index (κ3) is 6.07. The minimum absolute atomic E-state index is 0.0211. The van der Waals surface area contributed by atoms with Crippen molar-refractivity contribution in [3.63, 3.8) is 0 Å². The van der Waals surface area contributed by atoms with E-state index in [-0.39, 0.29) is 30.2 Å². The van der Waals surface area contributed by atoms with Crippen molar-refractivity contribution >= 4 is 27.8 Å². The number of primary amides is 1. The van der Waals surface area contributed by atoms with Crippen LogP contribution in [0.2, 0.25) is 0 Å². The minimum Gasteiger partial charge on any atom is -0.370 e. The fourth-order valence-corrected chi connectivity index (χ4v) is 5.53. The maximum Gasteiger partial charge on any atom is 0.241 e. The molecule has 172 valence electrons. The zero-order valence-corrected chi connectivity index (χ0v) is 19.0. The summed E-state index contributed by atoms with van der Waals surface area (Å²) in [4.78, 5) is 28.4. The van der Waals surface area contributed by atoms with Gasteiger partial charge in [0.25, 0.3) is 0 Å². The van der Waals surface area contributed by atoms with Crippen LogP contribution in [0.5, 0.6) is 0 Å². The fraction of sp³-hybridized carbons (Fsp3) is 0.842. The molecule has 0 saturated carbocycles. The van der Waals surface area contributed by atoms with Crippen LogP contribution in [-0.4, -0.2) is 84.8 Å². The summed E-state index contributed by atoms with van der Waals surface area (Å²) in [6.45, 7) is 5.73. The number of sulfonamides is 1. The molecule has 0 aliphatic carbocycles. The zero-order chi connectivity index (χ0) is 22.6. The van der Waals surface area contributed by atoms with E-state index in [9.17, 15) is 18.0 Å². The van der Waals surface area contributed by atoms with E-state index in [0.717, 1.165) is 6.26 Å². The highest BCUT2D eigenvalue weighted by atomic mass is 32.2. The molecule has 0 bridgehead atoms. The second-order valence-electron chi connectivity index (χ2n) is 8.89. The number of hydrogen-bond acceptors (Lipinski definition) is 5. The average molecular weight is 445 g/mol. The van der Waals surface area contributed by atoms with Gasteiger partial charge in [-0.25, -0.2) is 8.42 Å². The Morgan fingerprint density at radius 1 is 1.13 bits per heavy atom. The van der Waals surface area contributed by atoms with Crippen molar-refractivity contribution in [2.24, 2.45) is 23.3 Å². The Bertz CT molecular complexity index is 748. The quantitative estimate of drug-likeness (QED) is 0.346. The second-order valence-corrected chi connectivity index (χ2v) is 10.8. The number of nitrogens with one attached hydrogen (secondary N) is 1. The molecule has 10 nitrogen and oxygen atoms in total. The Kier molecular flexibility index (Phi) is 8.09. The molecule has 2 amide bonds. The van der Waals surface area contributed by atoms with Crippen molar-refractivity contribution in [1.82, 2.24) is 14.1 Å². The van der Waals surface area contributed by atoms with Crippen LogP contribution in [0.3, 0.4) is 0 Å². The molecule has 30 heavy (non-hydrogen) atoms. The number of likely N-dealkylation sites (tertiary alicyclic amines) is 2.